The van der Waals surface area contributed by atoms with Crippen LogP contribution in [0.15, 0.2) is 67.0 Å². The highest BCUT2D eigenvalue weighted by Gasteiger charge is 2.46. The maximum absolute atomic E-state index is 13.3. The van der Waals surface area contributed by atoms with Gasteiger partial charge in [-0.05, 0) is 50.3 Å². The Morgan fingerprint density at radius 3 is 2.29 bits per heavy atom. The normalized spacial score (nSPS) is 21.5. The van der Waals surface area contributed by atoms with Crippen molar-refractivity contribution in [2.24, 2.45) is 0 Å². The summed E-state index contributed by atoms with van der Waals surface area (Å²) in [5, 5.41) is 10.6. The van der Waals surface area contributed by atoms with Crippen LogP contribution in [0.25, 0.3) is 11.1 Å². The van der Waals surface area contributed by atoms with Crippen molar-refractivity contribution in [3.05, 3.63) is 83.9 Å². The minimum absolute atomic E-state index is 0.138. The second kappa shape index (κ2) is 9.08. The van der Waals surface area contributed by atoms with Crippen molar-refractivity contribution in [2.75, 3.05) is 6.54 Å². The SMILES string of the molecule is C[C@@H](c1ccc(-c2cnc(C3CC3)nc2)cc1)N1CCC(CC(C)(C)O)(c2ccccc2)OC1=O. The molecule has 2 heterocycles. The van der Waals surface area contributed by atoms with E-state index in [1.807, 2.05) is 49.6 Å². The zero-order valence-electron chi connectivity index (χ0n) is 20.6. The van der Waals surface area contributed by atoms with E-state index in [1.165, 1.54) is 12.8 Å². The molecule has 2 aromatic carbocycles. The molecule has 1 aliphatic heterocycles. The van der Waals surface area contributed by atoms with Gasteiger partial charge in [-0.3, -0.25) is 0 Å². The Bertz CT molecular complexity index is 1170. The summed E-state index contributed by atoms with van der Waals surface area (Å²) in [6, 6.07) is 17.8. The van der Waals surface area contributed by atoms with Crippen LogP contribution in [0.5, 0.6) is 0 Å². The fourth-order valence-electron chi connectivity index (χ4n) is 5.06. The molecule has 35 heavy (non-hydrogen) atoms. The number of rotatable bonds is 7. The molecule has 1 N–H and O–H groups in total. The van der Waals surface area contributed by atoms with Crippen LogP contribution in [0.3, 0.4) is 0 Å². The van der Waals surface area contributed by atoms with E-state index in [4.69, 9.17) is 4.74 Å². The first kappa shape index (κ1) is 23.5. The molecule has 2 atom stereocenters. The van der Waals surface area contributed by atoms with Crippen LogP contribution >= 0.6 is 0 Å². The molecule has 1 saturated heterocycles. The van der Waals surface area contributed by atoms with Gasteiger partial charge < -0.3 is 14.7 Å². The Kier molecular flexibility index (Phi) is 6.09. The van der Waals surface area contributed by atoms with Crippen molar-refractivity contribution < 1.29 is 14.6 Å². The minimum Gasteiger partial charge on any atom is -0.438 e. The first-order valence-electron chi connectivity index (χ1n) is 12.4. The predicted octanol–water partition coefficient (Wildman–Crippen LogP) is 5.98. The quantitative estimate of drug-likeness (QED) is 0.459. The molecule has 0 bridgehead atoms. The summed E-state index contributed by atoms with van der Waals surface area (Å²) in [6.45, 7) is 6.08. The molecule has 2 aliphatic rings. The van der Waals surface area contributed by atoms with Crippen LogP contribution in [0.1, 0.15) is 75.4 Å². The predicted molar refractivity (Wildman–Crippen MR) is 135 cm³/mol. The second-order valence-electron chi connectivity index (χ2n) is 10.6. The summed E-state index contributed by atoms with van der Waals surface area (Å²) in [4.78, 5) is 24.1. The van der Waals surface area contributed by atoms with Crippen molar-refractivity contribution in [2.45, 2.75) is 69.6 Å². The fourth-order valence-corrected chi connectivity index (χ4v) is 5.06. The Balaban J connectivity index is 1.31. The third kappa shape index (κ3) is 5.08. The van der Waals surface area contributed by atoms with E-state index < -0.39 is 11.2 Å². The number of ether oxygens (including phenoxy) is 1. The number of carbonyl (C=O) groups is 1. The van der Waals surface area contributed by atoms with Gasteiger partial charge in [-0.25, -0.2) is 14.8 Å². The summed E-state index contributed by atoms with van der Waals surface area (Å²) in [5.74, 6) is 1.49. The summed E-state index contributed by atoms with van der Waals surface area (Å²) in [5.41, 5.74) is 2.19. The lowest BCUT2D eigenvalue weighted by atomic mass is 9.80. The number of aliphatic hydroxyl groups is 1. The minimum atomic E-state index is -0.972. The van der Waals surface area contributed by atoms with Gasteiger partial charge >= 0.3 is 6.09 Å². The molecule has 1 saturated carbocycles. The van der Waals surface area contributed by atoms with Crippen LogP contribution in [-0.2, 0) is 10.3 Å². The summed E-state index contributed by atoms with van der Waals surface area (Å²) >= 11 is 0. The third-order valence-corrected chi connectivity index (χ3v) is 7.10. The van der Waals surface area contributed by atoms with Crippen LogP contribution < -0.4 is 0 Å². The molecule has 1 aliphatic carbocycles. The number of cyclic esters (lactones) is 1. The van der Waals surface area contributed by atoms with Crippen molar-refractivity contribution >= 4 is 6.09 Å². The van der Waals surface area contributed by atoms with E-state index in [-0.39, 0.29) is 12.1 Å². The zero-order valence-corrected chi connectivity index (χ0v) is 20.6. The smallest absolute Gasteiger partial charge is 0.411 e. The van der Waals surface area contributed by atoms with Gasteiger partial charge in [0, 0.05) is 43.3 Å². The zero-order chi connectivity index (χ0) is 24.6. The van der Waals surface area contributed by atoms with E-state index in [1.54, 1.807) is 18.7 Å². The van der Waals surface area contributed by atoms with E-state index in [0.29, 0.717) is 25.3 Å². The van der Waals surface area contributed by atoms with E-state index >= 15 is 0 Å². The Labute approximate surface area is 207 Å². The van der Waals surface area contributed by atoms with Gasteiger partial charge in [0.05, 0.1) is 11.6 Å². The Hall–Kier alpha value is -3.25. The Morgan fingerprint density at radius 1 is 1.06 bits per heavy atom. The molecule has 3 aromatic rings. The molecular weight excluding hydrogens is 438 g/mol. The molecule has 6 heteroatoms. The van der Waals surface area contributed by atoms with Crippen LogP contribution in [0.2, 0.25) is 0 Å². The van der Waals surface area contributed by atoms with Crippen LogP contribution in [-0.4, -0.2) is 38.2 Å². The molecule has 2 fully saturated rings. The molecule has 0 radical (unpaired) electrons. The number of carbonyl (C=O) groups excluding carboxylic acids is 1. The number of aromatic nitrogens is 2. The standard InChI is InChI=1S/C29H33N3O3/c1-20(21-9-11-22(12-10-21)24-17-30-26(31-18-24)23-13-14-23)32-16-15-29(35-27(32)33,19-28(2,3)34)25-7-5-4-6-8-25/h4-12,17-18,20,23,34H,13-16,19H2,1-3H3/t20-,29?/m0/s1. The second-order valence-corrected chi connectivity index (χ2v) is 10.6. The lowest BCUT2D eigenvalue weighted by Crippen LogP contribution is -2.51. The number of hydrogen-bond donors (Lipinski definition) is 1. The molecule has 0 spiro atoms. The highest BCUT2D eigenvalue weighted by molar-refractivity contribution is 5.70. The fraction of sp³-hybridized carbons (Fsp3) is 0.414. The third-order valence-electron chi connectivity index (χ3n) is 7.10. The van der Waals surface area contributed by atoms with E-state index in [2.05, 4.69) is 34.2 Å². The maximum Gasteiger partial charge on any atom is 0.411 e. The highest BCUT2D eigenvalue weighted by atomic mass is 16.6. The van der Waals surface area contributed by atoms with Crippen molar-refractivity contribution in [3.63, 3.8) is 0 Å². The molecule has 5 rings (SSSR count). The van der Waals surface area contributed by atoms with Gasteiger partial charge in [-0.1, -0.05) is 54.6 Å². The summed E-state index contributed by atoms with van der Waals surface area (Å²) in [6.07, 6.45) is 6.77. The molecule has 1 unspecified atom stereocenters. The average molecular weight is 472 g/mol. The largest absolute Gasteiger partial charge is 0.438 e. The molecule has 1 amide bonds. The maximum atomic E-state index is 13.3. The number of amides is 1. The molecule has 1 aromatic heterocycles. The lowest BCUT2D eigenvalue weighted by molar-refractivity contribution is -0.101. The monoisotopic (exact) mass is 471 g/mol. The summed E-state index contributed by atoms with van der Waals surface area (Å²) < 4.78 is 6.13. The van der Waals surface area contributed by atoms with Crippen LogP contribution in [0.4, 0.5) is 4.79 Å². The first-order valence-corrected chi connectivity index (χ1v) is 12.4. The lowest BCUT2D eigenvalue weighted by Gasteiger charge is -2.45. The average Bonchev–Trinajstić information content (AvgIpc) is 3.69. The first-order chi connectivity index (χ1) is 16.7. The Morgan fingerprint density at radius 2 is 1.71 bits per heavy atom. The van der Waals surface area contributed by atoms with Crippen molar-refractivity contribution in [3.8, 4) is 11.1 Å². The number of nitrogens with zero attached hydrogens (tertiary/aromatic N) is 3. The van der Waals surface area contributed by atoms with Gasteiger partial charge in [0.2, 0.25) is 0 Å². The van der Waals surface area contributed by atoms with Gasteiger partial charge in [-0.2, -0.15) is 0 Å². The van der Waals surface area contributed by atoms with Gasteiger partial charge in [0.25, 0.3) is 0 Å². The van der Waals surface area contributed by atoms with Crippen molar-refractivity contribution in [1.82, 2.24) is 14.9 Å². The highest BCUT2D eigenvalue weighted by Crippen LogP contribution is 2.42. The van der Waals surface area contributed by atoms with Crippen molar-refractivity contribution in [1.29, 1.82) is 0 Å². The molecule has 6 nitrogen and oxygen atoms in total. The number of hydrogen-bond acceptors (Lipinski definition) is 5. The van der Waals surface area contributed by atoms with E-state index in [9.17, 15) is 9.90 Å². The van der Waals surface area contributed by atoms with Gasteiger partial charge in [0.1, 0.15) is 11.4 Å². The molecule has 182 valence electrons. The van der Waals surface area contributed by atoms with Crippen LogP contribution in [0, 0.1) is 0 Å². The summed E-state index contributed by atoms with van der Waals surface area (Å²) in [7, 11) is 0. The number of benzene rings is 2. The van der Waals surface area contributed by atoms with Gasteiger partial charge in [0.15, 0.2) is 0 Å². The topological polar surface area (TPSA) is 75.6 Å². The van der Waals surface area contributed by atoms with Gasteiger partial charge in [-0.15, -0.1) is 0 Å². The van der Waals surface area contributed by atoms with E-state index in [0.717, 1.165) is 28.1 Å². The molecular formula is C29H33N3O3.